The molecule has 1 aliphatic carbocycles. The van der Waals surface area contributed by atoms with E-state index in [0.717, 1.165) is 24.8 Å². The molecule has 4 rings (SSSR count). The van der Waals surface area contributed by atoms with Crippen LogP contribution in [0, 0.1) is 5.92 Å². The minimum Gasteiger partial charge on any atom is -0.382 e. The Morgan fingerprint density at radius 3 is 2.90 bits per heavy atom. The first-order valence-corrected chi connectivity index (χ1v) is 8.20. The van der Waals surface area contributed by atoms with Crippen LogP contribution in [0.2, 0.25) is 0 Å². The van der Waals surface area contributed by atoms with Gasteiger partial charge in [-0.3, -0.25) is 0 Å². The fourth-order valence-electron chi connectivity index (χ4n) is 3.35. The first-order chi connectivity index (χ1) is 10.3. The third-order valence-corrected chi connectivity index (χ3v) is 4.65. The van der Waals surface area contributed by atoms with E-state index in [-0.39, 0.29) is 0 Å². The molecule has 1 N–H and O–H groups in total. The highest BCUT2D eigenvalue weighted by Gasteiger charge is 2.22. The van der Waals surface area contributed by atoms with E-state index in [1.807, 2.05) is 6.20 Å². The second kappa shape index (κ2) is 5.21. The van der Waals surface area contributed by atoms with E-state index in [0.29, 0.717) is 6.04 Å². The molecule has 3 heteroatoms. The molecule has 1 saturated carbocycles. The maximum atomic E-state index is 4.67. The molecule has 2 aliphatic rings. The first kappa shape index (κ1) is 12.9. The highest BCUT2D eigenvalue weighted by atomic mass is 15.2. The van der Waals surface area contributed by atoms with Crippen LogP contribution in [0.3, 0.4) is 0 Å². The average Bonchev–Trinajstić information content (AvgIpc) is 3.30. The Hall–Kier alpha value is -1.77. The Balaban J connectivity index is 1.68. The zero-order chi connectivity index (χ0) is 14.2. The van der Waals surface area contributed by atoms with Crippen LogP contribution in [0.15, 0.2) is 30.5 Å². The smallest absolute Gasteiger partial charge is 0.136 e. The number of fused-ring (bicyclic) bond motifs is 1. The lowest BCUT2D eigenvalue weighted by molar-refractivity contribution is 0.445. The highest BCUT2D eigenvalue weighted by molar-refractivity contribution is 5.94. The summed E-state index contributed by atoms with van der Waals surface area (Å²) in [7, 11) is 0. The molecular weight excluding hydrogens is 258 g/mol. The second-order valence-corrected chi connectivity index (χ2v) is 6.68. The lowest BCUT2D eigenvalue weighted by atomic mass is 9.99. The van der Waals surface area contributed by atoms with Crippen LogP contribution < -0.4 is 10.2 Å². The van der Waals surface area contributed by atoms with Gasteiger partial charge in [-0.25, -0.2) is 4.98 Å². The Bertz CT molecular complexity index is 648. The summed E-state index contributed by atoms with van der Waals surface area (Å²) in [5, 5.41) is 6.16. The molecule has 1 aromatic heterocycles. The molecule has 1 aliphatic heterocycles. The van der Waals surface area contributed by atoms with E-state index in [2.05, 4.69) is 46.4 Å². The summed E-state index contributed by atoms with van der Waals surface area (Å²) in [4.78, 5) is 7.14. The number of anilines is 2. The van der Waals surface area contributed by atoms with E-state index in [1.165, 1.54) is 42.1 Å². The lowest BCUT2D eigenvalue weighted by Gasteiger charge is -2.32. The molecule has 21 heavy (non-hydrogen) atoms. The van der Waals surface area contributed by atoms with Gasteiger partial charge in [0.15, 0.2) is 0 Å². The third kappa shape index (κ3) is 2.69. The van der Waals surface area contributed by atoms with Gasteiger partial charge in [-0.1, -0.05) is 6.92 Å². The molecule has 0 spiro atoms. The molecule has 1 unspecified atom stereocenters. The van der Waals surface area contributed by atoms with Crippen molar-refractivity contribution >= 4 is 22.3 Å². The number of benzene rings is 1. The molecule has 110 valence electrons. The van der Waals surface area contributed by atoms with Crippen LogP contribution in [0.4, 0.5) is 11.5 Å². The van der Waals surface area contributed by atoms with Gasteiger partial charge in [-0.2, -0.15) is 0 Å². The van der Waals surface area contributed by atoms with Crippen molar-refractivity contribution in [3.05, 3.63) is 30.5 Å². The molecule has 0 radical (unpaired) electrons. The number of rotatable bonds is 3. The van der Waals surface area contributed by atoms with Crippen molar-refractivity contribution in [1.29, 1.82) is 0 Å². The van der Waals surface area contributed by atoms with Crippen molar-refractivity contribution < 1.29 is 0 Å². The topological polar surface area (TPSA) is 28.2 Å². The Kier molecular flexibility index (Phi) is 3.21. The largest absolute Gasteiger partial charge is 0.382 e. The normalized spacial score (nSPS) is 22.5. The molecule has 3 nitrogen and oxygen atoms in total. The van der Waals surface area contributed by atoms with E-state index in [9.17, 15) is 0 Å². The Morgan fingerprint density at radius 2 is 2.10 bits per heavy atom. The van der Waals surface area contributed by atoms with Crippen molar-refractivity contribution in [3.8, 4) is 0 Å². The van der Waals surface area contributed by atoms with Gasteiger partial charge in [0.2, 0.25) is 0 Å². The summed E-state index contributed by atoms with van der Waals surface area (Å²) in [6.07, 6.45) is 7.20. The second-order valence-electron chi connectivity index (χ2n) is 6.68. The number of nitrogens with one attached hydrogen (secondary N) is 1. The summed E-state index contributed by atoms with van der Waals surface area (Å²) >= 11 is 0. The number of hydrogen-bond acceptors (Lipinski definition) is 3. The van der Waals surface area contributed by atoms with Crippen LogP contribution in [0.25, 0.3) is 10.8 Å². The van der Waals surface area contributed by atoms with Crippen LogP contribution in [-0.4, -0.2) is 24.1 Å². The van der Waals surface area contributed by atoms with Gasteiger partial charge in [0.1, 0.15) is 5.82 Å². The molecule has 2 fully saturated rings. The van der Waals surface area contributed by atoms with Gasteiger partial charge in [0, 0.05) is 36.4 Å². The number of pyridine rings is 1. The first-order valence-electron chi connectivity index (χ1n) is 8.20. The van der Waals surface area contributed by atoms with Crippen molar-refractivity contribution in [3.63, 3.8) is 0 Å². The zero-order valence-electron chi connectivity index (χ0n) is 12.7. The van der Waals surface area contributed by atoms with E-state index in [4.69, 9.17) is 0 Å². The molecule has 1 saturated heterocycles. The van der Waals surface area contributed by atoms with E-state index in [1.54, 1.807) is 0 Å². The molecule has 2 aromatic rings. The molecule has 2 heterocycles. The van der Waals surface area contributed by atoms with Gasteiger partial charge >= 0.3 is 0 Å². The predicted molar refractivity (Wildman–Crippen MR) is 89.0 cm³/mol. The summed E-state index contributed by atoms with van der Waals surface area (Å²) in [5.41, 5.74) is 1.24. The predicted octanol–water partition coefficient (Wildman–Crippen LogP) is 4.05. The van der Waals surface area contributed by atoms with Crippen LogP contribution in [-0.2, 0) is 0 Å². The number of piperidine rings is 1. The maximum Gasteiger partial charge on any atom is 0.136 e. The summed E-state index contributed by atoms with van der Waals surface area (Å²) < 4.78 is 0. The average molecular weight is 281 g/mol. The van der Waals surface area contributed by atoms with Crippen molar-refractivity contribution in [2.75, 3.05) is 23.3 Å². The minimum atomic E-state index is 0.701. The third-order valence-electron chi connectivity index (χ3n) is 4.65. The highest BCUT2D eigenvalue weighted by Crippen LogP contribution is 2.31. The summed E-state index contributed by atoms with van der Waals surface area (Å²) in [5.74, 6) is 1.93. The standard InChI is InChI=1S/C18H23N3/c1-13-3-2-10-21(12-13)18-17-7-6-16(20-15-4-5-15)11-14(17)8-9-19-18/h6-9,11,13,15,20H,2-5,10,12H2,1H3. The van der Waals surface area contributed by atoms with Crippen LogP contribution in [0.5, 0.6) is 0 Å². The quantitative estimate of drug-likeness (QED) is 0.920. The summed E-state index contributed by atoms with van der Waals surface area (Å²) in [6, 6.07) is 9.55. The van der Waals surface area contributed by atoms with Crippen molar-refractivity contribution in [2.24, 2.45) is 5.92 Å². The van der Waals surface area contributed by atoms with Crippen LogP contribution in [0.1, 0.15) is 32.6 Å². The van der Waals surface area contributed by atoms with Crippen LogP contribution >= 0.6 is 0 Å². The SMILES string of the molecule is CC1CCCN(c2nccc3cc(NC4CC4)ccc23)C1. The molecule has 0 amide bonds. The fourth-order valence-corrected chi connectivity index (χ4v) is 3.35. The molecular formula is C18H23N3. The Morgan fingerprint density at radius 1 is 1.19 bits per heavy atom. The number of nitrogens with zero attached hydrogens (tertiary/aromatic N) is 2. The van der Waals surface area contributed by atoms with Crippen molar-refractivity contribution in [2.45, 2.75) is 38.6 Å². The van der Waals surface area contributed by atoms with Gasteiger partial charge in [-0.15, -0.1) is 0 Å². The van der Waals surface area contributed by atoms with Crippen molar-refractivity contribution in [1.82, 2.24) is 4.98 Å². The van der Waals surface area contributed by atoms with Gasteiger partial charge in [0.05, 0.1) is 0 Å². The monoisotopic (exact) mass is 281 g/mol. The molecule has 0 bridgehead atoms. The summed E-state index contributed by atoms with van der Waals surface area (Å²) in [6.45, 7) is 4.61. The Labute approximate surface area is 126 Å². The lowest BCUT2D eigenvalue weighted by Crippen LogP contribution is -2.34. The minimum absolute atomic E-state index is 0.701. The van der Waals surface area contributed by atoms with Gasteiger partial charge in [0.25, 0.3) is 0 Å². The molecule has 1 aromatic carbocycles. The number of aromatic nitrogens is 1. The maximum absolute atomic E-state index is 4.67. The van der Waals surface area contributed by atoms with E-state index < -0.39 is 0 Å². The van der Waals surface area contributed by atoms with Gasteiger partial charge in [-0.05, 0) is 61.3 Å². The number of hydrogen-bond donors (Lipinski definition) is 1. The van der Waals surface area contributed by atoms with E-state index >= 15 is 0 Å². The zero-order valence-corrected chi connectivity index (χ0v) is 12.7. The fraction of sp³-hybridized carbons (Fsp3) is 0.500. The molecule has 1 atom stereocenters. The van der Waals surface area contributed by atoms with Gasteiger partial charge < -0.3 is 10.2 Å².